The summed E-state index contributed by atoms with van der Waals surface area (Å²) < 4.78 is 10.6. The number of para-hydroxylation sites is 1. The van der Waals surface area contributed by atoms with E-state index in [1.165, 1.54) is 6.33 Å². The van der Waals surface area contributed by atoms with Crippen molar-refractivity contribution in [3.05, 3.63) is 76.5 Å². The lowest BCUT2D eigenvalue weighted by molar-refractivity contribution is 0.123. The van der Waals surface area contributed by atoms with Gasteiger partial charge in [-0.25, -0.2) is 19.5 Å². The second kappa shape index (κ2) is 10.8. The van der Waals surface area contributed by atoms with Crippen molar-refractivity contribution < 1.29 is 4.74 Å². The van der Waals surface area contributed by atoms with Gasteiger partial charge in [-0.05, 0) is 40.8 Å². The number of nitrogens with zero attached hydrogens (tertiary/aromatic N) is 8. The zero-order valence-electron chi connectivity index (χ0n) is 20.5. The summed E-state index contributed by atoms with van der Waals surface area (Å²) >= 11 is 7.97. The highest BCUT2D eigenvalue weighted by Gasteiger charge is 2.27. The van der Waals surface area contributed by atoms with Gasteiger partial charge in [0.15, 0.2) is 22.8 Å². The average Bonchev–Trinajstić information content (AvgIpc) is 3.49. The average molecular weight is 557 g/mol. The summed E-state index contributed by atoms with van der Waals surface area (Å²) in [7, 11) is 4.27. The Morgan fingerprint density at radius 2 is 1.95 bits per heavy atom. The summed E-state index contributed by atoms with van der Waals surface area (Å²) in [4.78, 5) is 29.4. The van der Waals surface area contributed by atoms with E-state index < -0.39 is 0 Å². The number of thioether (sulfide) groups is 1. The number of anilines is 1. The number of methoxy groups -OCH3 is 1. The Morgan fingerprint density at radius 3 is 2.68 bits per heavy atom. The Morgan fingerprint density at radius 1 is 1.16 bits per heavy atom. The number of imidazole rings is 1. The van der Waals surface area contributed by atoms with E-state index in [0.717, 1.165) is 5.69 Å². The van der Waals surface area contributed by atoms with E-state index >= 15 is 0 Å². The molecule has 192 valence electrons. The molecule has 5 aromatic rings. The molecule has 13 heteroatoms. The van der Waals surface area contributed by atoms with E-state index in [9.17, 15) is 4.79 Å². The van der Waals surface area contributed by atoms with Crippen LogP contribution >= 0.6 is 32.8 Å². The van der Waals surface area contributed by atoms with Gasteiger partial charge in [-0.2, -0.15) is 16.9 Å². The Labute approximate surface area is 224 Å². The van der Waals surface area contributed by atoms with Crippen LogP contribution in [0.5, 0.6) is 0 Å². The van der Waals surface area contributed by atoms with E-state index in [4.69, 9.17) is 21.4 Å². The number of aromatic nitrogens is 7. The molecule has 3 unspecified atom stereocenters. The molecule has 1 aromatic carbocycles. The zero-order chi connectivity index (χ0) is 26.1. The Bertz CT molecular complexity index is 1610. The van der Waals surface area contributed by atoms with Crippen molar-refractivity contribution >= 4 is 55.3 Å². The van der Waals surface area contributed by atoms with Gasteiger partial charge in [-0.1, -0.05) is 29.8 Å². The van der Waals surface area contributed by atoms with E-state index in [1.807, 2.05) is 43.5 Å². The largest absolute Gasteiger partial charge is 0.380 e. The van der Waals surface area contributed by atoms with Gasteiger partial charge >= 0.3 is 0 Å². The van der Waals surface area contributed by atoms with Gasteiger partial charge in [0.25, 0.3) is 5.56 Å². The summed E-state index contributed by atoms with van der Waals surface area (Å²) in [6.07, 6.45) is 6.85. The molecule has 4 aromatic heterocycles. The van der Waals surface area contributed by atoms with E-state index in [2.05, 4.69) is 29.2 Å². The van der Waals surface area contributed by atoms with E-state index in [0.29, 0.717) is 46.4 Å². The number of rotatable bonds is 9. The summed E-state index contributed by atoms with van der Waals surface area (Å²) in [6, 6.07) is 11.2. The van der Waals surface area contributed by atoms with Crippen LogP contribution in [0.1, 0.15) is 18.0 Å². The second-order valence-corrected chi connectivity index (χ2v) is 10.5. The molecule has 0 spiro atoms. The molecule has 0 radical (unpaired) electrons. The third-order valence-electron chi connectivity index (χ3n) is 6.15. The predicted molar refractivity (Wildman–Crippen MR) is 151 cm³/mol. The predicted octanol–water partition coefficient (Wildman–Crippen LogP) is 3.86. The molecule has 0 saturated heterocycles. The van der Waals surface area contributed by atoms with Gasteiger partial charge in [-0.3, -0.25) is 13.7 Å². The fourth-order valence-corrected chi connectivity index (χ4v) is 5.42. The van der Waals surface area contributed by atoms with Crippen LogP contribution in [0.2, 0.25) is 5.02 Å². The zero-order valence-corrected chi connectivity index (χ0v) is 23.2. The first-order valence-corrected chi connectivity index (χ1v) is 13.7. The molecule has 0 amide bonds. The minimum atomic E-state index is -0.228. The van der Waals surface area contributed by atoms with Gasteiger partial charge in [0.05, 0.1) is 22.1 Å². The lowest BCUT2D eigenvalue weighted by Crippen LogP contribution is -2.37. The summed E-state index contributed by atoms with van der Waals surface area (Å²) in [6.45, 7) is 3.04. The molecule has 10 nitrogen and oxygen atoms in total. The highest BCUT2D eigenvalue weighted by atomic mass is 35.5. The molecule has 0 fully saturated rings. The molecule has 0 saturated carbocycles. The lowest BCUT2D eigenvalue weighted by atomic mass is 10.2. The van der Waals surface area contributed by atoms with Crippen molar-refractivity contribution in [3.8, 4) is 5.69 Å². The topological polar surface area (TPSA) is 95.4 Å². The summed E-state index contributed by atoms with van der Waals surface area (Å²) in [5, 5.41) is 5.02. The molecule has 37 heavy (non-hydrogen) atoms. The van der Waals surface area contributed by atoms with Crippen LogP contribution in [0, 0.1) is 0 Å². The van der Waals surface area contributed by atoms with Crippen LogP contribution < -0.4 is 10.5 Å². The first-order valence-electron chi connectivity index (χ1n) is 11.5. The van der Waals surface area contributed by atoms with Gasteiger partial charge in [0.2, 0.25) is 0 Å². The molecule has 0 N–H and O–H groups in total. The third-order valence-corrected chi connectivity index (χ3v) is 7.77. The van der Waals surface area contributed by atoms with E-state index in [-0.39, 0.29) is 16.9 Å². The van der Waals surface area contributed by atoms with Crippen LogP contribution in [-0.2, 0) is 4.74 Å². The molecule has 3 atom stereocenters. The summed E-state index contributed by atoms with van der Waals surface area (Å²) in [5.74, 6) is 1.29. The van der Waals surface area contributed by atoms with Crippen LogP contribution in [0.25, 0.3) is 22.4 Å². The van der Waals surface area contributed by atoms with Crippen LogP contribution in [0.4, 0.5) is 5.82 Å². The molecule has 0 bridgehead atoms. The highest BCUT2D eigenvalue weighted by Crippen LogP contribution is 2.31. The van der Waals surface area contributed by atoms with Crippen molar-refractivity contribution in [1.29, 1.82) is 0 Å². The SMILES string of the molecule is COC(C)CN(CC(SC)c1nn2ccc(Cl)c2c(=O)n1-c1ccccc1)c1ncnc2c1ncn2P. The summed E-state index contributed by atoms with van der Waals surface area (Å²) in [5.41, 5.74) is 2.21. The molecular weight excluding hydrogens is 531 g/mol. The number of ether oxygens (including phenoxy) is 1. The quantitative estimate of drug-likeness (QED) is 0.253. The van der Waals surface area contributed by atoms with Crippen LogP contribution in [0.3, 0.4) is 0 Å². The van der Waals surface area contributed by atoms with Crippen molar-refractivity contribution in [3.63, 3.8) is 0 Å². The minimum Gasteiger partial charge on any atom is -0.380 e. The molecule has 4 heterocycles. The van der Waals surface area contributed by atoms with Gasteiger partial charge in [-0.15, -0.1) is 0 Å². The second-order valence-electron chi connectivity index (χ2n) is 8.49. The number of halogens is 1. The van der Waals surface area contributed by atoms with Gasteiger partial charge in [0.1, 0.15) is 18.2 Å². The van der Waals surface area contributed by atoms with E-state index in [1.54, 1.807) is 50.9 Å². The Balaban J connectivity index is 1.66. The highest BCUT2D eigenvalue weighted by molar-refractivity contribution is 7.98. The molecule has 5 rings (SSSR count). The Kier molecular flexibility index (Phi) is 7.48. The molecule has 0 aliphatic rings. The fourth-order valence-electron chi connectivity index (χ4n) is 4.25. The molecule has 0 aliphatic carbocycles. The van der Waals surface area contributed by atoms with Crippen molar-refractivity contribution in [2.24, 2.45) is 0 Å². The number of benzene rings is 1. The third kappa shape index (κ3) is 4.84. The standard InChI is InChI=1S/C24H26ClN8O2PS/c1-15(35-2)11-30(22-19-23(27-13-26-22)32(36)14-28-19)12-18(37-3)21-29-31-10-9-17(25)20(31)24(34)33(21)16-7-5-4-6-8-16/h4-10,13-15,18H,11-12,36H2,1-3H3. The first-order chi connectivity index (χ1) is 17.9. The van der Waals surface area contributed by atoms with Crippen molar-refractivity contribution in [1.82, 2.24) is 33.5 Å². The maximum absolute atomic E-state index is 13.7. The van der Waals surface area contributed by atoms with Gasteiger partial charge in [0, 0.05) is 26.4 Å². The number of hydrogen-bond acceptors (Lipinski definition) is 8. The molecular formula is C24H26ClN8O2PS. The smallest absolute Gasteiger partial charge is 0.284 e. The normalized spacial score (nSPS) is 13.3. The Hall–Kier alpha value is -2.98. The lowest BCUT2D eigenvalue weighted by Gasteiger charge is -2.30. The number of fused-ring (bicyclic) bond motifs is 2. The first kappa shape index (κ1) is 25.7. The minimum absolute atomic E-state index is 0.0828. The number of hydrogen-bond donors (Lipinski definition) is 0. The van der Waals surface area contributed by atoms with Crippen molar-refractivity contribution in [2.75, 3.05) is 31.4 Å². The van der Waals surface area contributed by atoms with Crippen molar-refractivity contribution in [2.45, 2.75) is 18.3 Å². The van der Waals surface area contributed by atoms with Crippen LogP contribution in [0.15, 0.2) is 60.0 Å². The molecule has 0 aliphatic heterocycles. The monoisotopic (exact) mass is 556 g/mol. The fraction of sp³-hybridized carbons (Fsp3) is 0.292. The maximum atomic E-state index is 13.7. The maximum Gasteiger partial charge on any atom is 0.284 e. The van der Waals surface area contributed by atoms with Gasteiger partial charge < -0.3 is 9.64 Å². The van der Waals surface area contributed by atoms with Crippen LogP contribution in [-0.4, -0.2) is 66.0 Å².